The summed E-state index contributed by atoms with van der Waals surface area (Å²) in [5.74, 6) is 0.764. The largest absolute Gasteiger partial charge is 0.493 e. The number of ether oxygens (including phenoxy) is 3. The molecule has 0 spiro atoms. The van der Waals surface area contributed by atoms with Crippen LogP contribution in [-0.2, 0) is 15.4 Å². The summed E-state index contributed by atoms with van der Waals surface area (Å²) in [6, 6.07) is 13.7. The second kappa shape index (κ2) is 11.1. The molecule has 1 heterocycles. The Balaban J connectivity index is 2.08. The molecule has 2 aromatic carbocycles. The average molecular weight is 519 g/mol. The Labute approximate surface area is 210 Å². The summed E-state index contributed by atoms with van der Waals surface area (Å²) < 4.78 is 46.2. The van der Waals surface area contributed by atoms with Crippen LogP contribution in [0.1, 0.15) is 26.3 Å². The summed E-state index contributed by atoms with van der Waals surface area (Å²) >= 11 is 1.23. The van der Waals surface area contributed by atoms with Crippen LogP contribution in [0.5, 0.6) is 23.1 Å². The Hall–Kier alpha value is -3.02. The van der Waals surface area contributed by atoms with Crippen molar-refractivity contribution in [3.05, 3.63) is 54.1 Å². The molecule has 0 aliphatic heterocycles. The molecule has 188 valence electrons. The van der Waals surface area contributed by atoms with Crippen LogP contribution in [0.2, 0.25) is 0 Å². The summed E-state index contributed by atoms with van der Waals surface area (Å²) in [7, 11) is -2.50. The fourth-order valence-electron chi connectivity index (χ4n) is 3.05. The third-order valence-corrected chi connectivity index (χ3v) is 6.80. The number of sulfonamides is 1. The maximum absolute atomic E-state index is 13.3. The second-order valence-electron chi connectivity index (χ2n) is 8.46. The van der Waals surface area contributed by atoms with Gasteiger partial charge in [0.2, 0.25) is 5.75 Å². The van der Waals surface area contributed by atoms with Gasteiger partial charge in [0, 0.05) is 6.54 Å². The van der Waals surface area contributed by atoms with Crippen molar-refractivity contribution in [3.63, 3.8) is 0 Å². The van der Waals surface area contributed by atoms with Gasteiger partial charge in [0.15, 0.2) is 22.5 Å². The fraction of sp³-hybridized carbons (Fsp3) is 0.333. The zero-order chi connectivity index (χ0) is 25.6. The minimum absolute atomic E-state index is 0.00404. The Kier molecular flexibility index (Phi) is 8.47. The number of nitrogens with zero attached hydrogens (tertiary/aromatic N) is 2. The van der Waals surface area contributed by atoms with E-state index in [0.717, 1.165) is 5.56 Å². The average Bonchev–Trinajstić information content (AvgIpc) is 2.83. The number of nitrogens with two attached hydrogens (primary N) is 1. The molecule has 0 fully saturated rings. The molecule has 3 N–H and O–H groups in total. The van der Waals surface area contributed by atoms with Crippen LogP contribution in [0, 0.1) is 0 Å². The van der Waals surface area contributed by atoms with Crippen LogP contribution in [0.4, 0.5) is 5.82 Å². The summed E-state index contributed by atoms with van der Waals surface area (Å²) in [4.78, 5) is 8.81. The maximum Gasteiger partial charge on any atom is 0.264 e. The van der Waals surface area contributed by atoms with E-state index in [0.29, 0.717) is 16.7 Å². The van der Waals surface area contributed by atoms with Crippen molar-refractivity contribution in [2.75, 3.05) is 31.2 Å². The lowest BCUT2D eigenvalue weighted by Crippen LogP contribution is -2.17. The lowest BCUT2D eigenvalue weighted by molar-refractivity contribution is 0.292. The lowest BCUT2D eigenvalue weighted by atomic mass is 9.87. The molecule has 0 saturated heterocycles. The van der Waals surface area contributed by atoms with E-state index in [9.17, 15) is 8.42 Å². The number of thioether (sulfide) groups is 1. The summed E-state index contributed by atoms with van der Waals surface area (Å²) in [5, 5.41) is 0.296. The molecule has 0 saturated carbocycles. The third-order valence-electron chi connectivity index (χ3n) is 4.90. The highest BCUT2D eigenvalue weighted by atomic mass is 32.2. The first-order valence-corrected chi connectivity index (χ1v) is 13.5. The smallest absolute Gasteiger partial charge is 0.264 e. The van der Waals surface area contributed by atoms with E-state index in [1.165, 1.54) is 18.9 Å². The van der Waals surface area contributed by atoms with Crippen molar-refractivity contribution in [2.24, 2.45) is 5.73 Å². The SMILES string of the molecule is COc1ccccc1Oc1c(NS(=O)(=O)c2ccc(C(C)(C)C)cc2)nc(SC)nc1OCCN. The number of hydrogen-bond acceptors (Lipinski definition) is 9. The standard InChI is InChI=1S/C24H30N4O5S2/c1-24(2,3)16-10-12-17(13-11-16)35(29,30)28-21-20(33-19-9-7-6-8-18(19)31-4)22(32-15-14-25)27-23(26-21)34-5/h6-13H,14-15,25H2,1-5H3,(H,26,27,28). The molecule has 0 bridgehead atoms. The molecule has 0 atom stereocenters. The maximum atomic E-state index is 13.3. The van der Waals surface area contributed by atoms with E-state index in [1.54, 1.807) is 54.8 Å². The van der Waals surface area contributed by atoms with Gasteiger partial charge in [-0.15, -0.1) is 0 Å². The number of methoxy groups -OCH3 is 1. The first-order valence-electron chi connectivity index (χ1n) is 10.8. The third kappa shape index (κ3) is 6.56. The summed E-state index contributed by atoms with van der Waals surface area (Å²) in [6.07, 6.45) is 1.77. The van der Waals surface area contributed by atoms with Crippen molar-refractivity contribution in [2.45, 2.75) is 36.2 Å². The lowest BCUT2D eigenvalue weighted by Gasteiger charge is -2.20. The van der Waals surface area contributed by atoms with Gasteiger partial charge in [-0.05, 0) is 41.5 Å². The zero-order valence-electron chi connectivity index (χ0n) is 20.4. The molecule has 1 aromatic heterocycles. The molecule has 9 nitrogen and oxygen atoms in total. The topological polar surface area (TPSA) is 126 Å². The van der Waals surface area contributed by atoms with Crippen LogP contribution >= 0.6 is 11.8 Å². The molecule has 0 amide bonds. The van der Waals surface area contributed by atoms with Gasteiger partial charge >= 0.3 is 0 Å². The van der Waals surface area contributed by atoms with E-state index in [1.807, 2.05) is 0 Å². The molecule has 3 rings (SSSR count). The van der Waals surface area contributed by atoms with Crippen LogP contribution in [0.15, 0.2) is 58.6 Å². The van der Waals surface area contributed by atoms with Crippen molar-refractivity contribution >= 4 is 27.6 Å². The Morgan fingerprint density at radius 1 is 1.03 bits per heavy atom. The van der Waals surface area contributed by atoms with Gasteiger partial charge in [0.05, 0.1) is 12.0 Å². The number of rotatable bonds is 10. The number of benzene rings is 2. The van der Waals surface area contributed by atoms with Crippen molar-refractivity contribution in [3.8, 4) is 23.1 Å². The second-order valence-corrected chi connectivity index (χ2v) is 10.9. The normalized spacial score (nSPS) is 11.7. The molecular weight excluding hydrogens is 488 g/mol. The first-order chi connectivity index (χ1) is 16.6. The molecular formula is C24H30N4O5S2. The van der Waals surface area contributed by atoms with Gasteiger partial charge in [-0.2, -0.15) is 4.98 Å². The molecule has 35 heavy (non-hydrogen) atoms. The predicted octanol–water partition coefficient (Wildman–Crippen LogP) is 4.44. The molecule has 0 unspecified atom stereocenters. The predicted molar refractivity (Wildman–Crippen MR) is 137 cm³/mol. The molecule has 11 heteroatoms. The van der Waals surface area contributed by atoms with Crippen LogP contribution in [0.25, 0.3) is 0 Å². The highest BCUT2D eigenvalue weighted by Crippen LogP contribution is 2.41. The van der Waals surface area contributed by atoms with Gasteiger partial charge in [-0.25, -0.2) is 13.4 Å². The summed E-state index contributed by atoms with van der Waals surface area (Å²) in [5.41, 5.74) is 6.51. The van der Waals surface area contributed by atoms with E-state index >= 15 is 0 Å². The van der Waals surface area contributed by atoms with Crippen LogP contribution in [0.3, 0.4) is 0 Å². The number of para-hydroxylation sites is 2. The monoisotopic (exact) mass is 518 g/mol. The highest BCUT2D eigenvalue weighted by Gasteiger charge is 2.25. The van der Waals surface area contributed by atoms with E-state index in [4.69, 9.17) is 19.9 Å². The van der Waals surface area contributed by atoms with Gasteiger partial charge in [-0.1, -0.05) is 56.8 Å². The fourth-order valence-corrected chi connectivity index (χ4v) is 4.41. The number of hydrogen-bond donors (Lipinski definition) is 2. The van der Waals surface area contributed by atoms with E-state index < -0.39 is 10.0 Å². The van der Waals surface area contributed by atoms with Gasteiger partial charge in [-0.3, -0.25) is 4.72 Å². The minimum atomic E-state index is -4.01. The van der Waals surface area contributed by atoms with Crippen molar-refractivity contribution in [1.82, 2.24) is 9.97 Å². The quantitative estimate of drug-likeness (QED) is 0.296. The van der Waals surface area contributed by atoms with Gasteiger partial charge in [0.1, 0.15) is 6.61 Å². The minimum Gasteiger partial charge on any atom is -0.493 e. The Morgan fingerprint density at radius 3 is 2.26 bits per heavy atom. The highest BCUT2D eigenvalue weighted by molar-refractivity contribution is 7.98. The van der Waals surface area contributed by atoms with Crippen molar-refractivity contribution in [1.29, 1.82) is 0 Å². The first kappa shape index (κ1) is 26.6. The number of anilines is 1. The molecule has 0 aliphatic carbocycles. The molecule has 0 aliphatic rings. The van der Waals surface area contributed by atoms with Gasteiger partial charge in [0.25, 0.3) is 15.9 Å². The van der Waals surface area contributed by atoms with Crippen LogP contribution < -0.4 is 24.7 Å². The molecule has 0 radical (unpaired) electrons. The Bertz CT molecular complexity index is 1260. The van der Waals surface area contributed by atoms with E-state index in [-0.39, 0.29) is 40.9 Å². The number of aromatic nitrogens is 2. The zero-order valence-corrected chi connectivity index (χ0v) is 22.0. The Morgan fingerprint density at radius 2 is 1.69 bits per heavy atom. The molecule has 3 aromatic rings. The van der Waals surface area contributed by atoms with E-state index in [2.05, 4.69) is 35.5 Å². The van der Waals surface area contributed by atoms with Crippen LogP contribution in [-0.4, -0.2) is 44.9 Å². The number of nitrogens with one attached hydrogen (secondary N) is 1. The summed E-state index contributed by atoms with van der Waals surface area (Å²) in [6.45, 7) is 6.55. The van der Waals surface area contributed by atoms with Crippen molar-refractivity contribution < 1.29 is 22.6 Å². The van der Waals surface area contributed by atoms with Gasteiger partial charge < -0.3 is 19.9 Å².